The lowest BCUT2D eigenvalue weighted by atomic mass is 10.1. The van der Waals surface area contributed by atoms with Gasteiger partial charge in [0.1, 0.15) is 0 Å². The molecule has 0 saturated carbocycles. The van der Waals surface area contributed by atoms with Crippen LogP contribution >= 0.6 is 0 Å². The van der Waals surface area contributed by atoms with Gasteiger partial charge in [-0.1, -0.05) is 38.7 Å². The van der Waals surface area contributed by atoms with Crippen LogP contribution in [-0.4, -0.2) is 11.9 Å². The second-order valence-electron chi connectivity index (χ2n) is 3.87. The molecule has 1 rings (SSSR count). The molecule has 1 aliphatic rings. The number of carbonyl (C=O) groups is 2. The van der Waals surface area contributed by atoms with Crippen molar-refractivity contribution in [3.63, 3.8) is 0 Å². The summed E-state index contributed by atoms with van der Waals surface area (Å²) >= 11 is 0. The van der Waals surface area contributed by atoms with Gasteiger partial charge < -0.3 is 4.74 Å². The second-order valence-corrected chi connectivity index (χ2v) is 3.87. The van der Waals surface area contributed by atoms with Crippen molar-refractivity contribution in [3.05, 3.63) is 11.6 Å². The maximum Gasteiger partial charge on any atom is 0.341 e. The van der Waals surface area contributed by atoms with Gasteiger partial charge in [0.05, 0.1) is 6.42 Å². The van der Waals surface area contributed by atoms with E-state index in [1.54, 1.807) is 0 Å². The molecule has 0 unspecified atom stereocenters. The third-order valence-corrected chi connectivity index (χ3v) is 2.50. The van der Waals surface area contributed by atoms with Crippen LogP contribution in [0.2, 0.25) is 0 Å². The number of cyclic esters (lactones) is 2. The molecule has 1 saturated heterocycles. The first kappa shape index (κ1) is 12.0. The van der Waals surface area contributed by atoms with Gasteiger partial charge >= 0.3 is 11.9 Å². The summed E-state index contributed by atoms with van der Waals surface area (Å²) in [4.78, 5) is 21.8. The van der Waals surface area contributed by atoms with Gasteiger partial charge in [0.25, 0.3) is 0 Å². The Hall–Kier alpha value is -1.12. The van der Waals surface area contributed by atoms with E-state index in [9.17, 15) is 9.59 Å². The highest BCUT2D eigenvalue weighted by molar-refractivity contribution is 6.05. The van der Waals surface area contributed by atoms with Gasteiger partial charge in [-0.2, -0.15) is 0 Å². The molecule has 0 N–H and O–H groups in total. The van der Waals surface area contributed by atoms with Crippen molar-refractivity contribution in [2.24, 2.45) is 0 Å². The highest BCUT2D eigenvalue weighted by Crippen LogP contribution is 2.16. The largest absolute Gasteiger partial charge is 0.389 e. The van der Waals surface area contributed by atoms with E-state index in [0.29, 0.717) is 5.57 Å². The molecule has 0 amide bonds. The van der Waals surface area contributed by atoms with Crippen LogP contribution in [0.4, 0.5) is 0 Å². The smallest absolute Gasteiger partial charge is 0.341 e. The summed E-state index contributed by atoms with van der Waals surface area (Å²) in [7, 11) is 0. The highest BCUT2D eigenvalue weighted by atomic mass is 16.6. The third kappa shape index (κ3) is 4.28. The van der Waals surface area contributed by atoms with E-state index in [1.807, 2.05) is 6.08 Å². The van der Waals surface area contributed by atoms with Gasteiger partial charge in [0, 0.05) is 5.57 Å². The van der Waals surface area contributed by atoms with Gasteiger partial charge in [0.2, 0.25) is 0 Å². The van der Waals surface area contributed by atoms with Crippen LogP contribution < -0.4 is 0 Å². The molecule has 0 atom stereocenters. The van der Waals surface area contributed by atoms with Crippen molar-refractivity contribution in [3.8, 4) is 0 Å². The summed E-state index contributed by atoms with van der Waals surface area (Å²) in [5, 5.41) is 0. The van der Waals surface area contributed by atoms with E-state index >= 15 is 0 Å². The fraction of sp³-hybridized carbons (Fsp3) is 0.667. The molecule has 0 aliphatic carbocycles. The fourth-order valence-electron chi connectivity index (χ4n) is 1.61. The van der Waals surface area contributed by atoms with Crippen molar-refractivity contribution in [1.82, 2.24) is 0 Å². The van der Waals surface area contributed by atoms with Crippen molar-refractivity contribution in [2.45, 2.75) is 51.9 Å². The Morgan fingerprint density at radius 2 is 1.93 bits per heavy atom. The Balaban J connectivity index is 2.15. The molecule has 0 aromatic carbocycles. The molecule has 1 aliphatic heterocycles. The number of rotatable bonds is 6. The molecule has 3 nitrogen and oxygen atoms in total. The Kier molecular flexibility index (Phi) is 5.08. The first-order valence-corrected chi connectivity index (χ1v) is 5.68. The number of hydrogen-bond donors (Lipinski definition) is 0. The Bertz CT molecular complexity index is 266. The molecule has 0 aromatic heterocycles. The number of ether oxygens (including phenoxy) is 1. The van der Waals surface area contributed by atoms with Crippen LogP contribution in [-0.2, 0) is 14.3 Å². The van der Waals surface area contributed by atoms with Gasteiger partial charge in [0.15, 0.2) is 0 Å². The predicted molar refractivity (Wildman–Crippen MR) is 57.2 cm³/mol. The summed E-state index contributed by atoms with van der Waals surface area (Å²) in [6.07, 6.45) is 8.93. The first-order chi connectivity index (χ1) is 7.24. The monoisotopic (exact) mass is 210 g/mol. The molecule has 15 heavy (non-hydrogen) atoms. The molecule has 0 spiro atoms. The molecule has 1 heterocycles. The van der Waals surface area contributed by atoms with E-state index in [2.05, 4.69) is 11.7 Å². The average molecular weight is 210 g/mol. The topological polar surface area (TPSA) is 43.4 Å². The number of esters is 2. The first-order valence-electron chi connectivity index (χ1n) is 5.68. The lowest BCUT2D eigenvalue weighted by molar-refractivity contribution is -0.151. The lowest BCUT2D eigenvalue weighted by Gasteiger charge is -1.96. The molecular formula is C12H18O3. The van der Waals surface area contributed by atoms with E-state index in [-0.39, 0.29) is 6.42 Å². The minimum atomic E-state index is -0.450. The maximum absolute atomic E-state index is 11.0. The van der Waals surface area contributed by atoms with E-state index in [4.69, 9.17) is 0 Å². The van der Waals surface area contributed by atoms with Gasteiger partial charge in [-0.05, 0) is 12.8 Å². The van der Waals surface area contributed by atoms with Crippen LogP contribution in [0.25, 0.3) is 0 Å². The van der Waals surface area contributed by atoms with Gasteiger partial charge in [-0.3, -0.25) is 4.79 Å². The minimum Gasteiger partial charge on any atom is -0.389 e. The van der Waals surface area contributed by atoms with Crippen molar-refractivity contribution in [1.29, 1.82) is 0 Å². The zero-order valence-corrected chi connectivity index (χ0v) is 9.25. The van der Waals surface area contributed by atoms with Crippen LogP contribution in [0.15, 0.2) is 11.6 Å². The van der Waals surface area contributed by atoms with Crippen molar-refractivity contribution < 1.29 is 14.3 Å². The maximum atomic E-state index is 11.0. The Labute approximate surface area is 90.5 Å². The van der Waals surface area contributed by atoms with Crippen molar-refractivity contribution in [2.75, 3.05) is 0 Å². The number of hydrogen-bond acceptors (Lipinski definition) is 3. The third-order valence-electron chi connectivity index (χ3n) is 2.50. The van der Waals surface area contributed by atoms with E-state index < -0.39 is 11.9 Å². The van der Waals surface area contributed by atoms with Crippen LogP contribution in [0.1, 0.15) is 51.9 Å². The number of allylic oxidation sites excluding steroid dienone is 1. The summed E-state index contributed by atoms with van der Waals surface area (Å²) in [6.45, 7) is 2.18. The Morgan fingerprint density at radius 3 is 2.53 bits per heavy atom. The molecule has 0 aromatic rings. The predicted octanol–water partition coefficient (Wildman–Crippen LogP) is 2.75. The van der Waals surface area contributed by atoms with E-state index in [1.165, 1.54) is 25.7 Å². The summed E-state index contributed by atoms with van der Waals surface area (Å²) in [5.74, 6) is -0.870. The van der Waals surface area contributed by atoms with Gasteiger partial charge in [-0.25, -0.2) is 4.79 Å². The SMILES string of the molecule is CCCCCCCC=C1CC(=O)OC1=O. The normalized spacial score (nSPS) is 18.6. The number of unbranched alkanes of at least 4 members (excludes halogenated alkanes) is 5. The number of carbonyl (C=O) groups excluding carboxylic acids is 2. The summed E-state index contributed by atoms with van der Waals surface area (Å²) in [6, 6.07) is 0. The van der Waals surface area contributed by atoms with Crippen LogP contribution in [0.3, 0.4) is 0 Å². The molecule has 1 fully saturated rings. The van der Waals surface area contributed by atoms with Gasteiger partial charge in [-0.15, -0.1) is 0 Å². The highest BCUT2D eigenvalue weighted by Gasteiger charge is 2.26. The Morgan fingerprint density at radius 1 is 1.20 bits per heavy atom. The summed E-state index contributed by atoms with van der Waals surface area (Å²) < 4.78 is 4.42. The van der Waals surface area contributed by atoms with Crippen LogP contribution in [0, 0.1) is 0 Å². The quantitative estimate of drug-likeness (QED) is 0.293. The molecule has 3 heteroatoms. The van der Waals surface area contributed by atoms with E-state index in [0.717, 1.165) is 12.8 Å². The average Bonchev–Trinajstić information content (AvgIpc) is 2.51. The molecule has 0 radical (unpaired) electrons. The minimum absolute atomic E-state index is 0.161. The molecular weight excluding hydrogens is 192 g/mol. The zero-order chi connectivity index (χ0) is 11.1. The molecule has 84 valence electrons. The van der Waals surface area contributed by atoms with Crippen molar-refractivity contribution >= 4 is 11.9 Å². The second kappa shape index (κ2) is 6.38. The zero-order valence-electron chi connectivity index (χ0n) is 9.25. The summed E-state index contributed by atoms with van der Waals surface area (Å²) in [5.41, 5.74) is 0.537. The molecule has 0 bridgehead atoms. The standard InChI is InChI=1S/C12H18O3/c1-2-3-4-5-6-7-8-10-9-11(13)15-12(10)14/h8H,2-7,9H2,1H3. The fourth-order valence-corrected chi connectivity index (χ4v) is 1.61. The lowest BCUT2D eigenvalue weighted by Crippen LogP contribution is -1.96. The van der Waals surface area contributed by atoms with Crippen LogP contribution in [0.5, 0.6) is 0 Å².